The van der Waals surface area contributed by atoms with E-state index in [0.717, 1.165) is 48.4 Å². The number of methoxy groups -OCH3 is 1. The number of carboxylic acid groups (broad SMARTS) is 1. The van der Waals surface area contributed by atoms with Gasteiger partial charge in [-0.15, -0.1) is 12.4 Å². The average Bonchev–Trinajstić information content (AvgIpc) is 3.01. The molecule has 42 heavy (non-hydrogen) atoms. The van der Waals surface area contributed by atoms with Crippen molar-refractivity contribution in [2.45, 2.75) is 38.8 Å². The first kappa shape index (κ1) is 32.4. The first-order valence-electron chi connectivity index (χ1n) is 14.0. The highest BCUT2D eigenvalue weighted by atomic mass is 35.5. The molecule has 0 heterocycles. The molecule has 4 aromatic carbocycles. The Hall–Kier alpha value is -4.13. The molecule has 220 valence electrons. The molecule has 0 aromatic heterocycles. The smallest absolute Gasteiger partial charge is 0.337 e. The van der Waals surface area contributed by atoms with E-state index >= 15 is 0 Å². The van der Waals surface area contributed by atoms with Crippen molar-refractivity contribution in [3.8, 4) is 16.9 Å². The zero-order chi connectivity index (χ0) is 28.9. The Labute approximate surface area is 254 Å². The fourth-order valence-electron chi connectivity index (χ4n) is 4.72. The van der Waals surface area contributed by atoms with E-state index in [4.69, 9.17) is 14.6 Å². The van der Waals surface area contributed by atoms with Gasteiger partial charge in [0, 0.05) is 19.5 Å². The van der Waals surface area contributed by atoms with Gasteiger partial charge in [-0.25, -0.2) is 4.79 Å². The maximum absolute atomic E-state index is 11.8. The zero-order valence-electron chi connectivity index (χ0n) is 23.9. The van der Waals surface area contributed by atoms with Crippen LogP contribution >= 0.6 is 12.4 Å². The quantitative estimate of drug-likeness (QED) is 0.115. The van der Waals surface area contributed by atoms with E-state index in [2.05, 4.69) is 47.4 Å². The first-order valence-corrected chi connectivity index (χ1v) is 14.0. The SMILES string of the molecule is COC(=O)c1ccc(CN(CCCCC(=O)O)CCc2ccccc2OCc2ccc(-c3ccccc3)cc2)cc1.Cl. The summed E-state index contributed by atoms with van der Waals surface area (Å²) in [5, 5.41) is 9.02. The molecular weight excluding hydrogens is 550 g/mol. The van der Waals surface area contributed by atoms with Crippen LogP contribution in [0.3, 0.4) is 0 Å². The summed E-state index contributed by atoms with van der Waals surface area (Å²) < 4.78 is 11.1. The molecule has 1 N–H and O–H groups in total. The molecule has 0 atom stereocenters. The van der Waals surface area contributed by atoms with Gasteiger partial charge >= 0.3 is 11.9 Å². The highest BCUT2D eigenvalue weighted by Crippen LogP contribution is 2.23. The van der Waals surface area contributed by atoms with Gasteiger partial charge in [-0.3, -0.25) is 9.69 Å². The van der Waals surface area contributed by atoms with Crippen LogP contribution in [0.25, 0.3) is 11.1 Å². The van der Waals surface area contributed by atoms with Crippen LogP contribution in [0.1, 0.15) is 46.3 Å². The van der Waals surface area contributed by atoms with Gasteiger partial charge in [0.1, 0.15) is 12.4 Å². The summed E-state index contributed by atoms with van der Waals surface area (Å²) in [7, 11) is 1.37. The number of carbonyl (C=O) groups excluding carboxylic acids is 1. The summed E-state index contributed by atoms with van der Waals surface area (Å²) >= 11 is 0. The van der Waals surface area contributed by atoms with Crippen molar-refractivity contribution in [1.82, 2.24) is 4.90 Å². The number of hydrogen-bond donors (Lipinski definition) is 1. The van der Waals surface area contributed by atoms with Crippen molar-refractivity contribution in [1.29, 1.82) is 0 Å². The fraction of sp³-hybridized carbons (Fsp3) is 0.257. The molecule has 0 saturated heterocycles. The molecule has 4 aromatic rings. The Morgan fingerprint density at radius 1 is 0.738 bits per heavy atom. The van der Waals surface area contributed by atoms with Crippen LogP contribution in [0.15, 0.2) is 103 Å². The molecule has 6 nitrogen and oxygen atoms in total. The van der Waals surface area contributed by atoms with Gasteiger partial charge in [0.25, 0.3) is 0 Å². The number of nitrogens with zero attached hydrogens (tertiary/aromatic N) is 1. The molecule has 0 amide bonds. The van der Waals surface area contributed by atoms with Crippen molar-refractivity contribution in [3.05, 3.63) is 125 Å². The molecule has 0 aliphatic carbocycles. The minimum Gasteiger partial charge on any atom is -0.489 e. The second kappa shape index (κ2) is 17.0. The van der Waals surface area contributed by atoms with Gasteiger partial charge in [-0.05, 0) is 71.8 Å². The summed E-state index contributed by atoms with van der Waals surface area (Å²) in [6.45, 7) is 2.75. The predicted octanol–water partition coefficient (Wildman–Crippen LogP) is 7.44. The third-order valence-corrected chi connectivity index (χ3v) is 7.02. The number of hydrogen-bond acceptors (Lipinski definition) is 5. The third-order valence-electron chi connectivity index (χ3n) is 7.02. The summed E-state index contributed by atoms with van der Waals surface area (Å²) in [4.78, 5) is 25.1. The number of carbonyl (C=O) groups is 2. The van der Waals surface area contributed by atoms with Gasteiger partial charge in [0.05, 0.1) is 12.7 Å². The van der Waals surface area contributed by atoms with Gasteiger partial charge in [0.15, 0.2) is 0 Å². The number of aliphatic carboxylic acids is 1. The Morgan fingerprint density at radius 2 is 1.38 bits per heavy atom. The molecule has 0 radical (unpaired) electrons. The molecule has 7 heteroatoms. The number of unbranched alkanes of at least 4 members (excludes halogenated alkanes) is 1. The van der Waals surface area contributed by atoms with Crippen LogP contribution in [0.5, 0.6) is 5.75 Å². The van der Waals surface area contributed by atoms with Crippen molar-refractivity contribution < 1.29 is 24.2 Å². The van der Waals surface area contributed by atoms with Crippen molar-refractivity contribution in [2.75, 3.05) is 20.2 Å². The fourth-order valence-corrected chi connectivity index (χ4v) is 4.72. The number of rotatable bonds is 15. The number of ether oxygens (including phenoxy) is 2. The number of esters is 1. The van der Waals surface area contributed by atoms with Gasteiger partial charge in [-0.2, -0.15) is 0 Å². The Bertz CT molecular complexity index is 1390. The molecule has 0 aliphatic rings. The largest absolute Gasteiger partial charge is 0.489 e. The molecule has 0 aliphatic heterocycles. The van der Waals surface area contributed by atoms with Gasteiger partial charge in [0.2, 0.25) is 0 Å². The standard InChI is InChI=1S/C35H37NO5.ClH/c1-40-35(39)32-20-14-27(15-21-32)25-36(23-8-7-13-34(37)38)24-22-31-11-5-6-12-33(31)41-26-28-16-18-30(19-17-28)29-9-3-2-4-10-29;/h2-6,9-12,14-21H,7-8,13,22-26H2,1H3,(H,37,38);1H. The maximum atomic E-state index is 11.8. The Morgan fingerprint density at radius 3 is 2.07 bits per heavy atom. The highest BCUT2D eigenvalue weighted by Gasteiger charge is 2.12. The summed E-state index contributed by atoms with van der Waals surface area (Å²) in [6.07, 6.45) is 2.40. The van der Waals surface area contributed by atoms with Crippen LogP contribution in [-0.4, -0.2) is 42.1 Å². The first-order chi connectivity index (χ1) is 20.0. The normalized spacial score (nSPS) is 10.6. The molecule has 0 saturated carbocycles. The number of benzene rings is 4. The number of para-hydroxylation sites is 1. The van der Waals surface area contributed by atoms with Crippen LogP contribution in [-0.2, 0) is 29.1 Å². The van der Waals surface area contributed by atoms with E-state index in [1.165, 1.54) is 18.2 Å². The number of carboxylic acids is 1. The summed E-state index contributed by atoms with van der Waals surface area (Å²) in [6, 6.07) is 34.3. The van der Waals surface area contributed by atoms with Crippen LogP contribution in [0.4, 0.5) is 0 Å². The second-order valence-corrected chi connectivity index (χ2v) is 10.0. The van der Waals surface area contributed by atoms with E-state index in [-0.39, 0.29) is 24.8 Å². The lowest BCUT2D eigenvalue weighted by Crippen LogP contribution is -2.27. The average molecular weight is 588 g/mol. The van der Waals surface area contributed by atoms with Crippen molar-refractivity contribution >= 4 is 24.3 Å². The topological polar surface area (TPSA) is 76.1 Å². The molecule has 0 spiro atoms. The molecule has 0 fully saturated rings. The van der Waals surface area contributed by atoms with Gasteiger partial charge in [-0.1, -0.05) is 84.9 Å². The lowest BCUT2D eigenvalue weighted by atomic mass is 10.0. The van der Waals surface area contributed by atoms with Crippen molar-refractivity contribution in [3.63, 3.8) is 0 Å². The van der Waals surface area contributed by atoms with Crippen LogP contribution in [0.2, 0.25) is 0 Å². The lowest BCUT2D eigenvalue weighted by Gasteiger charge is -2.23. The predicted molar refractivity (Wildman–Crippen MR) is 168 cm³/mol. The molecule has 0 bridgehead atoms. The zero-order valence-corrected chi connectivity index (χ0v) is 24.7. The Kier molecular flexibility index (Phi) is 13.1. The highest BCUT2D eigenvalue weighted by molar-refractivity contribution is 5.89. The minimum absolute atomic E-state index is 0. The Balaban J connectivity index is 0.00000484. The van der Waals surface area contributed by atoms with E-state index in [1.807, 2.05) is 48.5 Å². The van der Waals surface area contributed by atoms with E-state index in [9.17, 15) is 9.59 Å². The maximum Gasteiger partial charge on any atom is 0.337 e. The molecular formula is C35H38ClNO5. The van der Waals surface area contributed by atoms with Crippen LogP contribution < -0.4 is 4.74 Å². The molecule has 4 rings (SSSR count). The van der Waals surface area contributed by atoms with E-state index in [1.54, 1.807) is 12.1 Å². The number of halogens is 1. The van der Waals surface area contributed by atoms with Crippen molar-refractivity contribution in [2.24, 2.45) is 0 Å². The van der Waals surface area contributed by atoms with E-state index < -0.39 is 5.97 Å². The van der Waals surface area contributed by atoms with Crippen LogP contribution in [0, 0.1) is 0 Å². The minimum atomic E-state index is -0.768. The second-order valence-electron chi connectivity index (χ2n) is 10.0. The lowest BCUT2D eigenvalue weighted by molar-refractivity contribution is -0.137. The van der Waals surface area contributed by atoms with E-state index in [0.29, 0.717) is 25.1 Å². The summed E-state index contributed by atoms with van der Waals surface area (Å²) in [5.74, 6) is -0.255. The van der Waals surface area contributed by atoms with Gasteiger partial charge < -0.3 is 14.6 Å². The summed E-state index contributed by atoms with van der Waals surface area (Å²) in [5.41, 5.74) is 6.21. The third kappa shape index (κ3) is 10.1. The monoisotopic (exact) mass is 587 g/mol. The molecule has 0 unspecified atom stereocenters.